The molecule has 0 unspecified atom stereocenters. The second-order valence-electron chi connectivity index (χ2n) is 8.09. The van der Waals surface area contributed by atoms with Crippen LogP contribution in [0.25, 0.3) is 5.57 Å². The highest BCUT2D eigenvalue weighted by atomic mass is 16.2. The first-order chi connectivity index (χ1) is 15.0. The van der Waals surface area contributed by atoms with E-state index in [1.54, 1.807) is 6.08 Å². The Morgan fingerprint density at radius 2 is 1.58 bits per heavy atom. The molecule has 1 fully saturated rings. The zero-order valence-corrected chi connectivity index (χ0v) is 18.1. The fourth-order valence-corrected chi connectivity index (χ4v) is 3.94. The maximum absolute atomic E-state index is 13.0. The molecular weight excluding hydrogens is 388 g/mol. The van der Waals surface area contributed by atoms with Gasteiger partial charge in [-0.25, -0.2) is 0 Å². The van der Waals surface area contributed by atoms with Gasteiger partial charge in [0.15, 0.2) is 0 Å². The Morgan fingerprint density at radius 1 is 0.935 bits per heavy atom. The number of hydrogen-bond acceptors (Lipinski definition) is 5. The van der Waals surface area contributed by atoms with Crippen molar-refractivity contribution in [2.75, 3.05) is 50.0 Å². The van der Waals surface area contributed by atoms with Crippen LogP contribution < -0.4 is 10.2 Å². The Morgan fingerprint density at radius 3 is 2.19 bits per heavy atom. The second-order valence-corrected chi connectivity index (χ2v) is 8.09. The molecule has 0 radical (unpaired) electrons. The van der Waals surface area contributed by atoms with Gasteiger partial charge in [0.05, 0.1) is 5.57 Å². The van der Waals surface area contributed by atoms with Gasteiger partial charge in [-0.15, -0.1) is 6.58 Å². The van der Waals surface area contributed by atoms with Crippen LogP contribution in [0.4, 0.5) is 11.4 Å². The van der Waals surface area contributed by atoms with E-state index < -0.39 is 0 Å². The number of imide groups is 1. The molecule has 2 amide bonds. The second kappa shape index (κ2) is 8.78. The van der Waals surface area contributed by atoms with E-state index in [9.17, 15) is 9.59 Å². The standard InChI is InChI=1S/C25H28N4O2/c1-4-13-29-24(30)22(19-7-5-18(2)6-8-19)23(25(29)31)26-20-9-11-21(12-10-20)28-16-14-27(3)15-17-28/h4-12,26H,1,13-17H2,2-3H3. The van der Waals surface area contributed by atoms with Crippen LogP contribution in [0.3, 0.4) is 0 Å². The first kappa shape index (κ1) is 20.9. The maximum Gasteiger partial charge on any atom is 0.278 e. The molecule has 0 spiro atoms. The lowest BCUT2D eigenvalue weighted by Crippen LogP contribution is -2.44. The summed E-state index contributed by atoms with van der Waals surface area (Å²) in [5.41, 5.74) is 4.47. The molecule has 0 aliphatic carbocycles. The number of hydrogen-bond donors (Lipinski definition) is 1. The van der Waals surface area contributed by atoms with Crippen molar-refractivity contribution in [2.24, 2.45) is 0 Å². The predicted molar refractivity (Wildman–Crippen MR) is 125 cm³/mol. The molecule has 1 N–H and O–H groups in total. The molecule has 31 heavy (non-hydrogen) atoms. The average molecular weight is 417 g/mol. The van der Waals surface area contributed by atoms with Gasteiger partial charge in [-0.3, -0.25) is 14.5 Å². The van der Waals surface area contributed by atoms with Crippen LogP contribution in [0.5, 0.6) is 0 Å². The van der Waals surface area contributed by atoms with E-state index in [1.807, 2.05) is 43.3 Å². The minimum absolute atomic E-state index is 0.181. The lowest BCUT2D eigenvalue weighted by atomic mass is 10.0. The summed E-state index contributed by atoms with van der Waals surface area (Å²) in [6, 6.07) is 15.7. The van der Waals surface area contributed by atoms with Crippen molar-refractivity contribution < 1.29 is 9.59 Å². The van der Waals surface area contributed by atoms with Crippen LogP contribution in [-0.4, -0.2) is 61.4 Å². The zero-order chi connectivity index (χ0) is 22.0. The first-order valence-corrected chi connectivity index (χ1v) is 10.6. The van der Waals surface area contributed by atoms with Crippen molar-refractivity contribution in [1.82, 2.24) is 9.80 Å². The van der Waals surface area contributed by atoms with Crippen LogP contribution in [0.2, 0.25) is 0 Å². The third-order valence-corrected chi connectivity index (χ3v) is 5.83. The van der Waals surface area contributed by atoms with E-state index >= 15 is 0 Å². The van der Waals surface area contributed by atoms with Gasteiger partial charge in [-0.1, -0.05) is 35.9 Å². The molecule has 0 aromatic heterocycles. The van der Waals surface area contributed by atoms with E-state index in [1.165, 1.54) is 4.90 Å². The number of amides is 2. The molecule has 2 aliphatic heterocycles. The average Bonchev–Trinajstić information content (AvgIpc) is 3.00. The van der Waals surface area contributed by atoms with Gasteiger partial charge in [-0.05, 0) is 43.8 Å². The molecule has 2 aromatic carbocycles. The van der Waals surface area contributed by atoms with E-state index in [2.05, 4.69) is 40.9 Å². The molecule has 4 rings (SSSR count). The number of likely N-dealkylation sites (N-methyl/N-ethyl adjacent to an activating group) is 1. The van der Waals surface area contributed by atoms with Crippen LogP contribution in [0, 0.1) is 6.92 Å². The number of benzene rings is 2. The summed E-state index contributed by atoms with van der Waals surface area (Å²) < 4.78 is 0. The molecule has 0 saturated carbocycles. The third kappa shape index (κ3) is 4.25. The Labute approximate surface area is 183 Å². The molecule has 160 valence electrons. The third-order valence-electron chi connectivity index (χ3n) is 5.83. The number of nitrogens with zero attached hydrogens (tertiary/aromatic N) is 3. The predicted octanol–water partition coefficient (Wildman–Crippen LogP) is 3.12. The van der Waals surface area contributed by atoms with Gasteiger partial charge < -0.3 is 15.1 Å². The Hall–Kier alpha value is -3.38. The van der Waals surface area contributed by atoms with Crippen LogP contribution in [-0.2, 0) is 9.59 Å². The van der Waals surface area contributed by atoms with E-state index in [-0.39, 0.29) is 18.4 Å². The molecule has 6 nitrogen and oxygen atoms in total. The lowest BCUT2D eigenvalue weighted by Gasteiger charge is -2.34. The normalized spacial score (nSPS) is 17.5. The summed E-state index contributed by atoms with van der Waals surface area (Å²) in [6.07, 6.45) is 1.57. The fourth-order valence-electron chi connectivity index (χ4n) is 3.94. The molecule has 6 heteroatoms. The van der Waals surface area contributed by atoms with Crippen molar-refractivity contribution in [3.8, 4) is 0 Å². The summed E-state index contributed by atoms with van der Waals surface area (Å²) in [7, 11) is 2.14. The number of carbonyl (C=O) groups excluding carboxylic acids is 2. The number of nitrogens with one attached hydrogen (secondary N) is 1. The van der Waals surface area contributed by atoms with Gasteiger partial charge in [0.1, 0.15) is 5.70 Å². The van der Waals surface area contributed by atoms with Crippen molar-refractivity contribution in [3.63, 3.8) is 0 Å². The summed E-state index contributed by atoms with van der Waals surface area (Å²) in [4.78, 5) is 32.0. The molecule has 2 heterocycles. The molecule has 2 aromatic rings. The number of anilines is 2. The molecule has 0 bridgehead atoms. The minimum atomic E-state index is -0.330. The monoisotopic (exact) mass is 416 g/mol. The minimum Gasteiger partial charge on any atom is -0.369 e. The van der Waals surface area contributed by atoms with E-state index in [0.717, 1.165) is 48.7 Å². The highest BCUT2D eigenvalue weighted by Gasteiger charge is 2.38. The van der Waals surface area contributed by atoms with Crippen molar-refractivity contribution >= 4 is 28.8 Å². The number of carbonyl (C=O) groups is 2. The van der Waals surface area contributed by atoms with Gasteiger partial charge >= 0.3 is 0 Å². The molecular formula is C25H28N4O2. The Balaban J connectivity index is 1.61. The zero-order valence-electron chi connectivity index (χ0n) is 18.1. The number of aryl methyl sites for hydroxylation is 1. The Kier molecular flexibility index (Phi) is 5.91. The first-order valence-electron chi connectivity index (χ1n) is 10.6. The highest BCUT2D eigenvalue weighted by molar-refractivity contribution is 6.36. The van der Waals surface area contributed by atoms with Crippen molar-refractivity contribution in [2.45, 2.75) is 6.92 Å². The van der Waals surface area contributed by atoms with Crippen LogP contribution >= 0.6 is 0 Å². The van der Waals surface area contributed by atoms with Crippen molar-refractivity contribution in [1.29, 1.82) is 0 Å². The molecule has 1 saturated heterocycles. The van der Waals surface area contributed by atoms with Gasteiger partial charge in [0, 0.05) is 44.1 Å². The van der Waals surface area contributed by atoms with Gasteiger partial charge in [0.25, 0.3) is 11.8 Å². The van der Waals surface area contributed by atoms with Crippen LogP contribution in [0.1, 0.15) is 11.1 Å². The van der Waals surface area contributed by atoms with E-state index in [0.29, 0.717) is 11.3 Å². The van der Waals surface area contributed by atoms with Gasteiger partial charge in [0.2, 0.25) is 0 Å². The fraction of sp³-hybridized carbons (Fsp3) is 0.280. The SMILES string of the molecule is C=CCN1C(=O)C(Nc2ccc(N3CCN(C)CC3)cc2)=C(c2ccc(C)cc2)C1=O. The maximum atomic E-state index is 13.0. The molecule has 0 atom stereocenters. The van der Waals surface area contributed by atoms with E-state index in [4.69, 9.17) is 0 Å². The number of piperazine rings is 1. The molecule has 2 aliphatic rings. The summed E-state index contributed by atoms with van der Waals surface area (Å²) in [6.45, 7) is 9.93. The summed E-state index contributed by atoms with van der Waals surface area (Å²) in [5, 5.41) is 3.22. The summed E-state index contributed by atoms with van der Waals surface area (Å²) in [5.74, 6) is -0.631. The number of rotatable bonds is 6. The Bertz CT molecular complexity index is 1020. The smallest absolute Gasteiger partial charge is 0.278 e. The topological polar surface area (TPSA) is 55.9 Å². The largest absolute Gasteiger partial charge is 0.369 e. The lowest BCUT2D eigenvalue weighted by molar-refractivity contribution is -0.136. The van der Waals surface area contributed by atoms with Crippen molar-refractivity contribution in [3.05, 3.63) is 78.0 Å². The summed E-state index contributed by atoms with van der Waals surface area (Å²) >= 11 is 0. The van der Waals surface area contributed by atoms with Crippen LogP contribution in [0.15, 0.2) is 66.9 Å². The van der Waals surface area contributed by atoms with Gasteiger partial charge in [-0.2, -0.15) is 0 Å². The highest BCUT2D eigenvalue weighted by Crippen LogP contribution is 2.31. The quantitative estimate of drug-likeness (QED) is 0.579.